The fourth-order valence-electron chi connectivity index (χ4n) is 2.76. The highest BCUT2D eigenvalue weighted by atomic mass is 35.5. The molecular formula is C17H25ClN4O. The van der Waals surface area contributed by atoms with Crippen LogP contribution in [-0.4, -0.2) is 32.5 Å². The Bertz CT molecular complexity index is 626. The van der Waals surface area contributed by atoms with E-state index in [4.69, 9.17) is 11.6 Å². The van der Waals surface area contributed by atoms with E-state index in [1.54, 1.807) is 11.0 Å². The Morgan fingerprint density at radius 3 is 2.65 bits per heavy atom. The summed E-state index contributed by atoms with van der Waals surface area (Å²) in [5.74, 6) is 0. The third kappa shape index (κ3) is 5.03. The molecule has 0 aliphatic carbocycles. The molecule has 23 heavy (non-hydrogen) atoms. The standard InChI is InChI=1S/C17H25ClN4O/c1-12(23)8-17(3,4)9-20-13(2)15-6-5-14(7-16(15)18)22-11-19-10-21-22/h5-7,10-13,20,23H,8-9H2,1-4H3. The summed E-state index contributed by atoms with van der Waals surface area (Å²) in [5.41, 5.74) is 1.96. The highest BCUT2D eigenvalue weighted by molar-refractivity contribution is 6.31. The van der Waals surface area contributed by atoms with Crippen LogP contribution in [0.4, 0.5) is 0 Å². The van der Waals surface area contributed by atoms with Gasteiger partial charge in [-0.15, -0.1) is 0 Å². The zero-order valence-corrected chi connectivity index (χ0v) is 14.9. The summed E-state index contributed by atoms with van der Waals surface area (Å²) in [6, 6.07) is 6.01. The van der Waals surface area contributed by atoms with E-state index in [2.05, 4.69) is 36.2 Å². The van der Waals surface area contributed by atoms with E-state index in [0.717, 1.165) is 24.2 Å². The summed E-state index contributed by atoms with van der Waals surface area (Å²) in [6.07, 6.45) is 3.60. The Labute approximate surface area is 142 Å². The molecule has 126 valence electrons. The van der Waals surface area contributed by atoms with Crippen LogP contribution in [0.15, 0.2) is 30.9 Å². The van der Waals surface area contributed by atoms with Gasteiger partial charge in [0, 0.05) is 17.6 Å². The van der Waals surface area contributed by atoms with Crippen LogP contribution in [0.2, 0.25) is 5.02 Å². The van der Waals surface area contributed by atoms with Gasteiger partial charge in [-0.25, -0.2) is 9.67 Å². The number of nitrogens with one attached hydrogen (secondary N) is 1. The molecular weight excluding hydrogens is 312 g/mol. The van der Waals surface area contributed by atoms with Crippen LogP contribution in [-0.2, 0) is 0 Å². The van der Waals surface area contributed by atoms with Crippen LogP contribution in [0.3, 0.4) is 0 Å². The summed E-state index contributed by atoms with van der Waals surface area (Å²) < 4.78 is 1.68. The van der Waals surface area contributed by atoms with Gasteiger partial charge in [0.25, 0.3) is 0 Å². The Hall–Kier alpha value is -1.43. The molecule has 1 heterocycles. The maximum Gasteiger partial charge on any atom is 0.138 e. The van der Waals surface area contributed by atoms with Crippen molar-refractivity contribution in [1.29, 1.82) is 0 Å². The van der Waals surface area contributed by atoms with Gasteiger partial charge in [0.1, 0.15) is 12.7 Å². The Balaban J connectivity index is 2.04. The first-order valence-electron chi connectivity index (χ1n) is 7.84. The molecule has 0 radical (unpaired) electrons. The van der Waals surface area contributed by atoms with E-state index >= 15 is 0 Å². The molecule has 0 amide bonds. The van der Waals surface area contributed by atoms with E-state index in [1.807, 2.05) is 25.1 Å². The second kappa shape index (κ2) is 7.43. The largest absolute Gasteiger partial charge is 0.393 e. The molecule has 5 nitrogen and oxygen atoms in total. The Morgan fingerprint density at radius 2 is 2.09 bits per heavy atom. The maximum atomic E-state index is 9.57. The van der Waals surface area contributed by atoms with Crippen molar-refractivity contribution < 1.29 is 5.11 Å². The third-order valence-corrected chi connectivity index (χ3v) is 4.20. The van der Waals surface area contributed by atoms with Crippen LogP contribution in [0.1, 0.15) is 45.7 Å². The lowest BCUT2D eigenvalue weighted by atomic mass is 9.86. The second-order valence-corrected chi connectivity index (χ2v) is 7.27. The van der Waals surface area contributed by atoms with Crippen LogP contribution in [0.25, 0.3) is 5.69 Å². The second-order valence-electron chi connectivity index (χ2n) is 6.87. The third-order valence-electron chi connectivity index (χ3n) is 3.87. The van der Waals surface area contributed by atoms with Gasteiger partial charge in [-0.3, -0.25) is 0 Å². The van der Waals surface area contributed by atoms with Crippen LogP contribution < -0.4 is 5.32 Å². The normalized spacial score (nSPS) is 14.7. The lowest BCUT2D eigenvalue weighted by Crippen LogP contribution is -2.33. The molecule has 2 aromatic rings. The Morgan fingerprint density at radius 1 is 1.35 bits per heavy atom. The number of nitrogens with zero attached hydrogens (tertiary/aromatic N) is 3. The van der Waals surface area contributed by atoms with Gasteiger partial charge in [-0.2, -0.15) is 5.10 Å². The summed E-state index contributed by atoms with van der Waals surface area (Å²) in [4.78, 5) is 3.94. The van der Waals surface area contributed by atoms with Crippen molar-refractivity contribution in [2.75, 3.05) is 6.54 Å². The minimum absolute atomic E-state index is 0.0234. The number of rotatable bonds is 7. The van der Waals surface area contributed by atoms with Crippen LogP contribution in [0.5, 0.6) is 0 Å². The zero-order valence-electron chi connectivity index (χ0n) is 14.1. The molecule has 0 saturated carbocycles. The van der Waals surface area contributed by atoms with E-state index in [0.29, 0.717) is 5.02 Å². The molecule has 6 heteroatoms. The van der Waals surface area contributed by atoms with Gasteiger partial charge in [-0.05, 0) is 43.4 Å². The van der Waals surface area contributed by atoms with Crippen molar-refractivity contribution in [2.45, 2.75) is 46.3 Å². The number of hydrogen-bond donors (Lipinski definition) is 2. The number of aliphatic hydroxyl groups is 1. The number of aromatic nitrogens is 3. The minimum atomic E-state index is -0.298. The SMILES string of the molecule is CC(O)CC(C)(C)CNC(C)c1ccc(-n2cncn2)cc1Cl. The first-order valence-corrected chi connectivity index (χ1v) is 8.22. The van der Waals surface area contributed by atoms with Crippen LogP contribution in [0, 0.1) is 5.41 Å². The summed E-state index contributed by atoms with van der Waals surface area (Å²) in [7, 11) is 0. The molecule has 2 atom stereocenters. The van der Waals surface area contributed by atoms with E-state index < -0.39 is 0 Å². The van der Waals surface area contributed by atoms with E-state index in [-0.39, 0.29) is 17.6 Å². The number of aliphatic hydroxyl groups excluding tert-OH is 1. The van der Waals surface area contributed by atoms with E-state index in [9.17, 15) is 5.11 Å². The monoisotopic (exact) mass is 336 g/mol. The van der Waals surface area contributed by atoms with Gasteiger partial charge in [-0.1, -0.05) is 31.5 Å². The quantitative estimate of drug-likeness (QED) is 0.813. The van der Waals surface area contributed by atoms with E-state index in [1.165, 1.54) is 6.33 Å². The summed E-state index contributed by atoms with van der Waals surface area (Å²) in [5, 5.41) is 17.9. The minimum Gasteiger partial charge on any atom is -0.393 e. The topological polar surface area (TPSA) is 63.0 Å². The maximum absolute atomic E-state index is 9.57. The van der Waals surface area contributed by atoms with Crippen molar-refractivity contribution in [3.63, 3.8) is 0 Å². The van der Waals surface area contributed by atoms with Gasteiger partial charge in [0.15, 0.2) is 0 Å². The molecule has 1 aromatic carbocycles. The number of benzene rings is 1. The van der Waals surface area contributed by atoms with Gasteiger partial charge in [0.2, 0.25) is 0 Å². The summed E-state index contributed by atoms with van der Waals surface area (Å²) in [6.45, 7) is 9.02. The zero-order chi connectivity index (χ0) is 17.0. The van der Waals surface area contributed by atoms with Crippen molar-refractivity contribution >= 4 is 11.6 Å². The molecule has 2 unspecified atom stereocenters. The highest BCUT2D eigenvalue weighted by Crippen LogP contribution is 2.27. The van der Waals surface area contributed by atoms with Gasteiger partial charge in [0.05, 0.1) is 11.8 Å². The molecule has 1 aromatic heterocycles. The average Bonchev–Trinajstić information content (AvgIpc) is 2.97. The van der Waals surface area contributed by atoms with Crippen molar-refractivity contribution in [1.82, 2.24) is 20.1 Å². The Kier molecular flexibility index (Phi) is 5.79. The molecule has 0 saturated heterocycles. The van der Waals surface area contributed by atoms with Gasteiger partial charge >= 0.3 is 0 Å². The molecule has 2 N–H and O–H groups in total. The van der Waals surface area contributed by atoms with Crippen molar-refractivity contribution in [2.24, 2.45) is 5.41 Å². The highest BCUT2D eigenvalue weighted by Gasteiger charge is 2.21. The lowest BCUT2D eigenvalue weighted by molar-refractivity contribution is 0.127. The molecule has 0 fully saturated rings. The first-order chi connectivity index (χ1) is 10.8. The number of hydrogen-bond acceptors (Lipinski definition) is 4. The molecule has 0 spiro atoms. The predicted molar refractivity (Wildman–Crippen MR) is 92.9 cm³/mol. The molecule has 0 bridgehead atoms. The fraction of sp³-hybridized carbons (Fsp3) is 0.529. The molecule has 0 aliphatic rings. The van der Waals surface area contributed by atoms with Crippen molar-refractivity contribution in [3.05, 3.63) is 41.4 Å². The fourth-order valence-corrected chi connectivity index (χ4v) is 3.10. The molecule has 0 aliphatic heterocycles. The molecule has 2 rings (SSSR count). The lowest BCUT2D eigenvalue weighted by Gasteiger charge is -2.29. The summed E-state index contributed by atoms with van der Waals surface area (Å²) >= 11 is 6.43. The number of halogens is 1. The van der Waals surface area contributed by atoms with Crippen molar-refractivity contribution in [3.8, 4) is 5.69 Å². The first kappa shape index (κ1) is 17.9. The predicted octanol–water partition coefficient (Wildman–Crippen LogP) is 3.37. The average molecular weight is 337 g/mol. The smallest absolute Gasteiger partial charge is 0.138 e. The van der Waals surface area contributed by atoms with Gasteiger partial charge < -0.3 is 10.4 Å². The van der Waals surface area contributed by atoms with Crippen LogP contribution >= 0.6 is 11.6 Å².